The Labute approximate surface area is 136 Å². The maximum absolute atomic E-state index is 3.87. The van der Waals surface area contributed by atoms with Gasteiger partial charge < -0.3 is 5.32 Å². The van der Waals surface area contributed by atoms with E-state index in [1.54, 1.807) is 0 Å². The van der Waals surface area contributed by atoms with Crippen molar-refractivity contribution in [2.24, 2.45) is 17.8 Å². The lowest BCUT2D eigenvalue weighted by Gasteiger charge is -2.46. The third kappa shape index (κ3) is 4.62. The summed E-state index contributed by atoms with van der Waals surface area (Å²) in [6.45, 7) is 15.8. The molecular formula is C18H36N2S. The van der Waals surface area contributed by atoms with Gasteiger partial charge >= 0.3 is 0 Å². The van der Waals surface area contributed by atoms with Crippen LogP contribution in [-0.4, -0.2) is 47.6 Å². The average molecular weight is 313 g/mol. The molecule has 0 aromatic carbocycles. The summed E-state index contributed by atoms with van der Waals surface area (Å²) in [7, 11) is 0. The van der Waals surface area contributed by atoms with Crippen LogP contribution < -0.4 is 5.32 Å². The van der Waals surface area contributed by atoms with Gasteiger partial charge in [-0.25, -0.2) is 0 Å². The highest BCUT2D eigenvalue weighted by atomic mass is 32.2. The molecule has 21 heavy (non-hydrogen) atoms. The van der Waals surface area contributed by atoms with Gasteiger partial charge in [0.05, 0.1) is 0 Å². The average Bonchev–Trinajstić information content (AvgIpc) is 2.44. The van der Waals surface area contributed by atoms with Crippen LogP contribution in [0.4, 0.5) is 0 Å². The van der Waals surface area contributed by atoms with Gasteiger partial charge in [-0.3, -0.25) is 4.90 Å². The maximum atomic E-state index is 3.87. The van der Waals surface area contributed by atoms with Crippen molar-refractivity contribution in [2.45, 2.75) is 71.2 Å². The molecule has 6 unspecified atom stereocenters. The minimum Gasteiger partial charge on any atom is -0.314 e. The molecule has 3 heteroatoms. The van der Waals surface area contributed by atoms with Crippen LogP contribution in [0, 0.1) is 17.8 Å². The Morgan fingerprint density at radius 2 is 1.90 bits per heavy atom. The monoisotopic (exact) mass is 312 g/mol. The van der Waals surface area contributed by atoms with Crippen LogP contribution in [-0.2, 0) is 0 Å². The summed E-state index contributed by atoms with van der Waals surface area (Å²) in [5.41, 5.74) is 0. The van der Waals surface area contributed by atoms with E-state index in [0.717, 1.165) is 35.1 Å². The molecule has 1 saturated carbocycles. The number of nitrogens with one attached hydrogen (secondary N) is 1. The SMILES string of the molecule is CCCNC1CC(C)CC(C)C1CN1CCSC(C)C1C. The van der Waals surface area contributed by atoms with Crippen molar-refractivity contribution in [1.29, 1.82) is 0 Å². The standard InChI is InChI=1S/C18H36N2S/c1-6-7-19-18-11-13(2)10-14(3)17(18)12-20-8-9-21-16(5)15(20)4/h13-19H,6-12H2,1-5H3. The molecule has 0 radical (unpaired) electrons. The largest absolute Gasteiger partial charge is 0.314 e. The summed E-state index contributed by atoms with van der Waals surface area (Å²) in [6.07, 6.45) is 4.04. The van der Waals surface area contributed by atoms with Gasteiger partial charge in [-0.2, -0.15) is 11.8 Å². The van der Waals surface area contributed by atoms with Gasteiger partial charge in [-0.05, 0) is 50.5 Å². The summed E-state index contributed by atoms with van der Waals surface area (Å²) in [6, 6.07) is 1.47. The Hall–Kier alpha value is 0.270. The van der Waals surface area contributed by atoms with Crippen molar-refractivity contribution in [3.05, 3.63) is 0 Å². The quantitative estimate of drug-likeness (QED) is 0.830. The molecule has 2 fully saturated rings. The minimum absolute atomic E-state index is 0.737. The first-order valence-corrected chi connectivity index (χ1v) is 10.2. The van der Waals surface area contributed by atoms with Crippen molar-refractivity contribution < 1.29 is 0 Å². The topological polar surface area (TPSA) is 15.3 Å². The first-order chi connectivity index (χ1) is 10.0. The smallest absolute Gasteiger partial charge is 0.0184 e. The van der Waals surface area contributed by atoms with E-state index in [4.69, 9.17) is 0 Å². The molecule has 0 bridgehead atoms. The van der Waals surface area contributed by atoms with Gasteiger partial charge in [-0.15, -0.1) is 0 Å². The molecule has 2 nitrogen and oxygen atoms in total. The van der Waals surface area contributed by atoms with E-state index < -0.39 is 0 Å². The van der Waals surface area contributed by atoms with Crippen LogP contribution in [0.15, 0.2) is 0 Å². The molecular weight excluding hydrogens is 276 g/mol. The Kier molecular flexibility index (Phi) is 6.89. The zero-order chi connectivity index (χ0) is 15.4. The molecule has 2 aliphatic rings. The number of hydrogen-bond acceptors (Lipinski definition) is 3. The third-order valence-electron chi connectivity index (χ3n) is 5.79. The number of nitrogens with zero attached hydrogens (tertiary/aromatic N) is 1. The summed E-state index contributed by atoms with van der Waals surface area (Å²) >= 11 is 2.15. The normalized spacial score (nSPS) is 42.1. The molecule has 0 aromatic heterocycles. The fourth-order valence-corrected chi connectivity index (χ4v) is 5.47. The highest BCUT2D eigenvalue weighted by molar-refractivity contribution is 8.00. The van der Waals surface area contributed by atoms with Gasteiger partial charge in [0.15, 0.2) is 0 Å². The molecule has 0 spiro atoms. The lowest BCUT2D eigenvalue weighted by Crippen LogP contribution is -2.53. The van der Waals surface area contributed by atoms with Gasteiger partial charge in [0.1, 0.15) is 0 Å². The van der Waals surface area contributed by atoms with E-state index >= 15 is 0 Å². The second-order valence-electron chi connectivity index (χ2n) is 7.59. The number of hydrogen-bond donors (Lipinski definition) is 1. The Morgan fingerprint density at radius 1 is 1.14 bits per heavy atom. The molecule has 1 heterocycles. The van der Waals surface area contributed by atoms with E-state index in [9.17, 15) is 0 Å². The third-order valence-corrected chi connectivity index (χ3v) is 7.13. The van der Waals surface area contributed by atoms with Crippen LogP contribution in [0.3, 0.4) is 0 Å². The van der Waals surface area contributed by atoms with Crippen LogP contribution in [0.5, 0.6) is 0 Å². The molecule has 124 valence electrons. The Balaban J connectivity index is 1.99. The summed E-state index contributed by atoms with van der Waals surface area (Å²) in [5, 5.41) is 4.66. The van der Waals surface area contributed by atoms with Crippen molar-refractivity contribution >= 4 is 11.8 Å². The van der Waals surface area contributed by atoms with E-state index in [1.165, 1.54) is 44.6 Å². The fourth-order valence-electron chi connectivity index (χ4n) is 4.31. The maximum Gasteiger partial charge on any atom is 0.0184 e. The second kappa shape index (κ2) is 8.21. The number of thioether (sulfide) groups is 1. The number of rotatable bonds is 5. The first-order valence-electron chi connectivity index (χ1n) is 9.12. The van der Waals surface area contributed by atoms with Gasteiger partial charge in [-0.1, -0.05) is 27.7 Å². The molecule has 1 saturated heterocycles. The first kappa shape index (κ1) is 17.6. The van der Waals surface area contributed by atoms with E-state index in [0.29, 0.717) is 0 Å². The van der Waals surface area contributed by atoms with Crippen LogP contribution in [0.2, 0.25) is 0 Å². The Morgan fingerprint density at radius 3 is 2.62 bits per heavy atom. The van der Waals surface area contributed by atoms with Crippen molar-refractivity contribution in [3.63, 3.8) is 0 Å². The zero-order valence-electron chi connectivity index (χ0n) is 14.8. The fraction of sp³-hybridized carbons (Fsp3) is 1.00. The molecule has 0 aromatic rings. The van der Waals surface area contributed by atoms with E-state index in [-0.39, 0.29) is 0 Å². The minimum atomic E-state index is 0.737. The van der Waals surface area contributed by atoms with E-state index in [1.807, 2.05) is 0 Å². The predicted molar refractivity (Wildman–Crippen MR) is 96.1 cm³/mol. The summed E-state index contributed by atoms with van der Waals surface area (Å²) < 4.78 is 0. The highest BCUT2D eigenvalue weighted by Gasteiger charge is 2.36. The van der Waals surface area contributed by atoms with Crippen LogP contribution in [0.25, 0.3) is 0 Å². The van der Waals surface area contributed by atoms with Gasteiger partial charge in [0.2, 0.25) is 0 Å². The van der Waals surface area contributed by atoms with Crippen LogP contribution >= 0.6 is 11.8 Å². The molecule has 1 aliphatic heterocycles. The van der Waals surface area contributed by atoms with Crippen molar-refractivity contribution in [2.75, 3.05) is 25.4 Å². The predicted octanol–water partition coefficient (Wildman–Crippen LogP) is 3.86. The van der Waals surface area contributed by atoms with Crippen LogP contribution in [0.1, 0.15) is 53.9 Å². The Bertz CT molecular complexity index is 310. The summed E-state index contributed by atoms with van der Waals surface area (Å²) in [5.74, 6) is 3.90. The lowest BCUT2D eigenvalue weighted by molar-refractivity contribution is 0.0848. The molecule has 1 aliphatic carbocycles. The molecule has 2 rings (SSSR count). The van der Waals surface area contributed by atoms with Crippen molar-refractivity contribution in [1.82, 2.24) is 10.2 Å². The summed E-state index contributed by atoms with van der Waals surface area (Å²) in [4.78, 5) is 2.78. The van der Waals surface area contributed by atoms with Crippen molar-refractivity contribution in [3.8, 4) is 0 Å². The van der Waals surface area contributed by atoms with Gasteiger partial charge in [0, 0.05) is 36.2 Å². The van der Waals surface area contributed by atoms with E-state index in [2.05, 4.69) is 56.6 Å². The zero-order valence-corrected chi connectivity index (χ0v) is 15.6. The lowest BCUT2D eigenvalue weighted by atomic mass is 9.72. The second-order valence-corrected chi connectivity index (χ2v) is 9.07. The molecule has 6 atom stereocenters. The van der Waals surface area contributed by atoms with Gasteiger partial charge in [0.25, 0.3) is 0 Å². The molecule has 1 N–H and O–H groups in total. The molecule has 0 amide bonds. The highest BCUT2D eigenvalue weighted by Crippen LogP contribution is 2.36.